The maximum atomic E-state index is 15.3. The fourth-order valence-corrected chi connectivity index (χ4v) is 4.77. The summed E-state index contributed by atoms with van der Waals surface area (Å²) < 4.78 is 67.7. The Labute approximate surface area is 188 Å². The molecule has 3 heterocycles. The van der Waals surface area contributed by atoms with Crippen molar-refractivity contribution in [1.82, 2.24) is 14.6 Å². The van der Waals surface area contributed by atoms with Gasteiger partial charge in [-0.3, -0.25) is 4.79 Å². The molecule has 0 saturated carbocycles. The van der Waals surface area contributed by atoms with Gasteiger partial charge in [-0.05, 0) is 31.0 Å². The van der Waals surface area contributed by atoms with Gasteiger partial charge in [0.15, 0.2) is 18.2 Å². The predicted molar refractivity (Wildman–Crippen MR) is 112 cm³/mol. The molecule has 0 radical (unpaired) electrons. The van der Waals surface area contributed by atoms with Crippen LogP contribution >= 0.6 is 11.6 Å². The molecular weight excluding hydrogens is 468 g/mol. The van der Waals surface area contributed by atoms with Gasteiger partial charge in [-0.25, -0.2) is 21.9 Å². The van der Waals surface area contributed by atoms with Gasteiger partial charge < -0.3 is 14.4 Å². The number of benzene rings is 1. The second-order valence-corrected chi connectivity index (χ2v) is 9.89. The summed E-state index contributed by atoms with van der Waals surface area (Å²) in [6.07, 6.45) is -1.83. The van der Waals surface area contributed by atoms with E-state index in [1.54, 1.807) is 0 Å². The van der Waals surface area contributed by atoms with Crippen molar-refractivity contribution in [2.24, 2.45) is 0 Å². The Bertz CT molecular complexity index is 1150. The summed E-state index contributed by atoms with van der Waals surface area (Å²) >= 11 is 6.09. The lowest BCUT2D eigenvalue weighted by Gasteiger charge is -2.28. The summed E-state index contributed by atoms with van der Waals surface area (Å²) in [5.41, 5.74) is 0.118. The first-order valence-corrected chi connectivity index (χ1v) is 11.9. The van der Waals surface area contributed by atoms with Gasteiger partial charge in [0.05, 0.1) is 24.4 Å². The van der Waals surface area contributed by atoms with E-state index < -0.39 is 46.6 Å². The Kier molecular flexibility index (Phi) is 6.24. The molecule has 1 fully saturated rings. The highest BCUT2D eigenvalue weighted by molar-refractivity contribution is 7.89. The zero-order valence-electron chi connectivity index (χ0n) is 16.9. The van der Waals surface area contributed by atoms with Crippen LogP contribution in [0.5, 0.6) is 17.5 Å². The van der Waals surface area contributed by atoms with Gasteiger partial charge in [0.1, 0.15) is 11.2 Å². The molecule has 2 aromatic rings. The van der Waals surface area contributed by atoms with Crippen LogP contribution in [0.3, 0.4) is 0 Å². The van der Waals surface area contributed by atoms with Crippen molar-refractivity contribution in [3.8, 4) is 17.5 Å². The van der Waals surface area contributed by atoms with Crippen LogP contribution in [-0.2, 0) is 21.2 Å². The SMILES string of the molecule is CCS(=O)(=O)N[C@H]1[C@@H](F)CN2C(=O)COc3ccc(Cl)c(n3)Oc3cccc(c3F)C[C@@H]12. The largest absolute Gasteiger partial charge is 0.467 e. The van der Waals surface area contributed by atoms with Crippen LogP contribution in [0.1, 0.15) is 12.5 Å². The molecule has 1 aromatic carbocycles. The molecule has 1 amide bonds. The van der Waals surface area contributed by atoms with E-state index in [1.807, 2.05) is 0 Å². The van der Waals surface area contributed by atoms with Crippen LogP contribution in [0.15, 0.2) is 30.3 Å². The Morgan fingerprint density at radius 1 is 1.31 bits per heavy atom. The molecule has 4 bridgehead atoms. The van der Waals surface area contributed by atoms with E-state index in [9.17, 15) is 17.6 Å². The Hall–Kier alpha value is -2.50. The molecule has 3 atom stereocenters. The number of hydrogen-bond donors (Lipinski definition) is 1. The number of fused-ring (bicyclic) bond motifs is 5. The lowest BCUT2D eigenvalue weighted by atomic mass is 9.99. The normalized spacial score (nSPS) is 23.3. The summed E-state index contributed by atoms with van der Waals surface area (Å²) in [6, 6.07) is 4.98. The van der Waals surface area contributed by atoms with Crippen LogP contribution in [0.2, 0.25) is 5.02 Å². The Morgan fingerprint density at radius 2 is 2.09 bits per heavy atom. The second kappa shape index (κ2) is 8.80. The molecule has 1 aromatic heterocycles. The molecule has 1 N–H and O–H groups in total. The molecule has 0 aliphatic carbocycles. The van der Waals surface area contributed by atoms with Gasteiger partial charge in [-0.15, -0.1) is 0 Å². The molecule has 4 rings (SSSR count). The zero-order chi connectivity index (χ0) is 23.0. The van der Waals surface area contributed by atoms with Crippen molar-refractivity contribution in [2.75, 3.05) is 18.9 Å². The molecule has 8 nitrogen and oxygen atoms in total. The number of hydrogen-bond acceptors (Lipinski definition) is 6. The number of halogens is 3. The van der Waals surface area contributed by atoms with Crippen molar-refractivity contribution in [1.29, 1.82) is 0 Å². The van der Waals surface area contributed by atoms with E-state index in [0.717, 1.165) is 0 Å². The van der Waals surface area contributed by atoms with Crippen molar-refractivity contribution >= 4 is 27.5 Å². The topological polar surface area (TPSA) is 97.8 Å². The highest BCUT2D eigenvalue weighted by Gasteiger charge is 2.46. The van der Waals surface area contributed by atoms with Crippen LogP contribution in [0, 0.1) is 5.82 Å². The van der Waals surface area contributed by atoms with E-state index in [0.29, 0.717) is 0 Å². The summed E-state index contributed by atoms with van der Waals surface area (Å²) in [6.45, 7) is 0.573. The van der Waals surface area contributed by atoms with E-state index in [4.69, 9.17) is 21.1 Å². The number of alkyl halides is 1. The highest BCUT2D eigenvalue weighted by atomic mass is 35.5. The third kappa shape index (κ3) is 4.50. The van der Waals surface area contributed by atoms with E-state index in [-0.39, 0.29) is 46.8 Å². The van der Waals surface area contributed by atoms with Crippen LogP contribution in [0.4, 0.5) is 8.78 Å². The number of carbonyl (C=O) groups excluding carboxylic acids is 1. The quantitative estimate of drug-likeness (QED) is 0.714. The Morgan fingerprint density at radius 3 is 2.84 bits per heavy atom. The third-order valence-electron chi connectivity index (χ3n) is 5.40. The van der Waals surface area contributed by atoms with E-state index in [1.165, 1.54) is 42.2 Å². The lowest BCUT2D eigenvalue weighted by molar-refractivity contribution is -0.134. The summed E-state index contributed by atoms with van der Waals surface area (Å²) in [5.74, 6) is -1.88. The summed E-state index contributed by atoms with van der Waals surface area (Å²) in [7, 11) is -3.78. The van der Waals surface area contributed by atoms with Crippen molar-refractivity contribution in [3.63, 3.8) is 0 Å². The van der Waals surface area contributed by atoms with Gasteiger partial charge in [0.2, 0.25) is 21.8 Å². The number of ether oxygens (including phenoxy) is 2. The number of pyridine rings is 1. The molecule has 2 aliphatic heterocycles. The zero-order valence-corrected chi connectivity index (χ0v) is 18.5. The number of nitrogens with one attached hydrogen (secondary N) is 1. The standard InChI is InChI=1S/C20H20ClF2N3O5S/c1-2-32(28,29)25-19-13(22)9-26-14(19)8-11-4-3-5-15(18(11)23)31-20-12(21)6-7-16(24-20)30-10-17(26)27/h3-7,13-14,19,25H,2,8-10H2,1H3/t13-,14-,19-/m0/s1. The summed E-state index contributed by atoms with van der Waals surface area (Å²) in [4.78, 5) is 18.1. The number of rotatable bonds is 3. The maximum absolute atomic E-state index is 15.3. The molecule has 12 heteroatoms. The second-order valence-electron chi connectivity index (χ2n) is 7.44. The minimum Gasteiger partial charge on any atom is -0.467 e. The van der Waals surface area contributed by atoms with E-state index in [2.05, 4.69) is 9.71 Å². The van der Waals surface area contributed by atoms with Gasteiger partial charge in [0.25, 0.3) is 5.91 Å². The fourth-order valence-electron chi connectivity index (χ4n) is 3.74. The first-order valence-electron chi connectivity index (χ1n) is 9.86. The first kappa shape index (κ1) is 22.7. The smallest absolute Gasteiger partial charge is 0.260 e. The van der Waals surface area contributed by atoms with Crippen LogP contribution in [0.25, 0.3) is 0 Å². The molecular formula is C20H20ClF2N3O5S. The van der Waals surface area contributed by atoms with Gasteiger partial charge in [-0.1, -0.05) is 23.7 Å². The Balaban J connectivity index is 1.78. The van der Waals surface area contributed by atoms with Crippen molar-refractivity contribution in [2.45, 2.75) is 31.6 Å². The minimum absolute atomic E-state index is 0.00402. The number of aromatic nitrogens is 1. The predicted octanol–water partition coefficient (Wildman–Crippen LogP) is 2.46. The highest BCUT2D eigenvalue weighted by Crippen LogP contribution is 2.34. The molecule has 172 valence electrons. The average Bonchev–Trinajstić information content (AvgIpc) is 3.05. The van der Waals surface area contributed by atoms with Crippen molar-refractivity contribution in [3.05, 3.63) is 46.7 Å². The first-order chi connectivity index (χ1) is 15.2. The number of amides is 1. The number of carbonyl (C=O) groups is 1. The minimum atomic E-state index is -3.78. The molecule has 32 heavy (non-hydrogen) atoms. The van der Waals surface area contributed by atoms with Crippen LogP contribution in [-0.4, -0.2) is 61.4 Å². The van der Waals surface area contributed by atoms with Gasteiger partial charge in [0, 0.05) is 6.07 Å². The number of nitrogens with zero attached hydrogens (tertiary/aromatic N) is 2. The van der Waals surface area contributed by atoms with E-state index >= 15 is 4.39 Å². The summed E-state index contributed by atoms with van der Waals surface area (Å²) in [5, 5.41) is 0.110. The molecule has 0 unspecified atom stereocenters. The fraction of sp³-hybridized carbons (Fsp3) is 0.400. The molecule has 0 spiro atoms. The maximum Gasteiger partial charge on any atom is 0.260 e. The van der Waals surface area contributed by atoms with Gasteiger partial charge >= 0.3 is 0 Å². The molecule has 1 saturated heterocycles. The third-order valence-corrected chi connectivity index (χ3v) is 7.08. The van der Waals surface area contributed by atoms with Gasteiger partial charge in [-0.2, -0.15) is 4.98 Å². The number of sulfonamides is 1. The van der Waals surface area contributed by atoms with Crippen LogP contribution < -0.4 is 14.2 Å². The lowest BCUT2D eigenvalue weighted by Crippen LogP contribution is -2.50. The molecule has 2 aliphatic rings. The monoisotopic (exact) mass is 487 g/mol. The average molecular weight is 488 g/mol. The van der Waals surface area contributed by atoms with Crippen molar-refractivity contribution < 1.29 is 31.5 Å².